The highest BCUT2D eigenvalue weighted by atomic mass is 32.2. The molecular weight excluding hydrogens is 390 g/mol. The predicted octanol–water partition coefficient (Wildman–Crippen LogP) is 3.77. The Hall–Kier alpha value is -2.90. The van der Waals surface area contributed by atoms with Crippen LogP contribution in [-0.2, 0) is 4.79 Å². The van der Waals surface area contributed by atoms with Crippen molar-refractivity contribution in [3.8, 4) is 0 Å². The molecule has 0 atom stereocenters. The van der Waals surface area contributed by atoms with E-state index < -0.39 is 0 Å². The Morgan fingerprint density at radius 3 is 2.50 bits per heavy atom. The van der Waals surface area contributed by atoms with Crippen molar-refractivity contribution < 1.29 is 4.79 Å². The SMILES string of the molecule is CC(=O)C1=C(C)N(c2ccccc2)C(=c2sc3nc4ccccc4n3c2=O)S1. The number of para-hydroxylation sites is 3. The van der Waals surface area contributed by atoms with Gasteiger partial charge in [0.1, 0.15) is 9.56 Å². The summed E-state index contributed by atoms with van der Waals surface area (Å²) in [6, 6.07) is 17.4. The van der Waals surface area contributed by atoms with Crippen molar-refractivity contribution in [3.63, 3.8) is 0 Å². The molecule has 2 aromatic carbocycles. The lowest BCUT2D eigenvalue weighted by atomic mass is 10.2. The van der Waals surface area contributed by atoms with Crippen molar-refractivity contribution in [1.29, 1.82) is 0 Å². The maximum absolute atomic E-state index is 13.3. The van der Waals surface area contributed by atoms with Gasteiger partial charge in [0, 0.05) is 11.4 Å². The van der Waals surface area contributed by atoms with Gasteiger partial charge in [-0.1, -0.05) is 53.4 Å². The van der Waals surface area contributed by atoms with Gasteiger partial charge < -0.3 is 4.90 Å². The summed E-state index contributed by atoms with van der Waals surface area (Å²) in [6.45, 7) is 3.48. The number of rotatable bonds is 2. The Labute approximate surface area is 168 Å². The van der Waals surface area contributed by atoms with Crippen molar-refractivity contribution in [2.24, 2.45) is 0 Å². The predicted molar refractivity (Wildman–Crippen MR) is 115 cm³/mol. The molecule has 138 valence electrons. The third kappa shape index (κ3) is 2.43. The molecule has 0 saturated heterocycles. The van der Waals surface area contributed by atoms with E-state index in [-0.39, 0.29) is 11.3 Å². The number of ketones is 1. The van der Waals surface area contributed by atoms with Crippen LogP contribution in [0.2, 0.25) is 0 Å². The second-order valence-corrected chi connectivity index (χ2v) is 8.48. The summed E-state index contributed by atoms with van der Waals surface area (Å²) in [5, 5.41) is 0.762. The van der Waals surface area contributed by atoms with Gasteiger partial charge >= 0.3 is 0 Å². The van der Waals surface area contributed by atoms with Crippen molar-refractivity contribution >= 4 is 55.6 Å². The summed E-state index contributed by atoms with van der Waals surface area (Å²) in [5.74, 6) is -0.00216. The van der Waals surface area contributed by atoms with E-state index in [1.165, 1.54) is 23.1 Å². The van der Waals surface area contributed by atoms with Crippen LogP contribution in [0.3, 0.4) is 0 Å². The molecule has 7 heteroatoms. The van der Waals surface area contributed by atoms with E-state index in [0.29, 0.717) is 14.4 Å². The number of aromatic nitrogens is 2. The molecule has 0 radical (unpaired) electrons. The van der Waals surface area contributed by atoms with Crippen molar-refractivity contribution in [3.05, 3.63) is 80.1 Å². The van der Waals surface area contributed by atoms with Gasteiger partial charge in [0.15, 0.2) is 10.7 Å². The van der Waals surface area contributed by atoms with Crippen LogP contribution >= 0.6 is 23.1 Å². The summed E-state index contributed by atoms with van der Waals surface area (Å²) in [7, 11) is 0. The van der Waals surface area contributed by atoms with Gasteiger partial charge in [-0.25, -0.2) is 9.38 Å². The highest BCUT2D eigenvalue weighted by molar-refractivity contribution is 8.12. The van der Waals surface area contributed by atoms with Gasteiger partial charge in [-0.2, -0.15) is 0 Å². The molecule has 0 aliphatic carbocycles. The maximum atomic E-state index is 13.3. The van der Waals surface area contributed by atoms with Crippen LogP contribution in [0.25, 0.3) is 21.0 Å². The summed E-state index contributed by atoms with van der Waals surface area (Å²) in [5.41, 5.74) is 3.27. The zero-order chi connectivity index (χ0) is 19.4. The monoisotopic (exact) mass is 405 g/mol. The Bertz CT molecular complexity index is 1400. The highest BCUT2D eigenvalue weighted by Crippen LogP contribution is 2.44. The molecule has 0 bridgehead atoms. The van der Waals surface area contributed by atoms with E-state index in [4.69, 9.17) is 0 Å². The summed E-state index contributed by atoms with van der Waals surface area (Å²) in [6.07, 6.45) is 0. The molecule has 3 heterocycles. The number of thiazole rings is 1. The number of imidazole rings is 1. The average molecular weight is 406 g/mol. The molecule has 4 aromatic rings. The molecule has 5 rings (SSSR count). The minimum absolute atomic E-state index is 0.00216. The Morgan fingerprint density at radius 2 is 1.75 bits per heavy atom. The minimum Gasteiger partial charge on any atom is -0.306 e. The van der Waals surface area contributed by atoms with E-state index in [1.807, 2.05) is 66.4 Å². The first-order valence-electron chi connectivity index (χ1n) is 8.75. The number of Topliss-reactive ketones (excluding diaryl/α,β-unsaturated/α-hetero) is 1. The molecule has 0 spiro atoms. The first-order valence-corrected chi connectivity index (χ1v) is 10.4. The molecule has 1 aliphatic rings. The second kappa shape index (κ2) is 6.32. The highest BCUT2D eigenvalue weighted by Gasteiger charge is 2.31. The van der Waals surface area contributed by atoms with Gasteiger partial charge in [0.25, 0.3) is 5.56 Å². The van der Waals surface area contributed by atoms with Crippen molar-refractivity contribution in [2.45, 2.75) is 13.8 Å². The van der Waals surface area contributed by atoms with Crippen LogP contribution in [0.15, 0.2) is 70.0 Å². The molecule has 2 aromatic heterocycles. The lowest BCUT2D eigenvalue weighted by Crippen LogP contribution is -2.29. The van der Waals surface area contributed by atoms with Gasteiger partial charge in [-0.15, -0.1) is 0 Å². The summed E-state index contributed by atoms with van der Waals surface area (Å²) >= 11 is 2.73. The van der Waals surface area contributed by atoms with E-state index >= 15 is 0 Å². The normalized spacial score (nSPS) is 16.6. The van der Waals surface area contributed by atoms with Crippen LogP contribution in [0.4, 0.5) is 5.69 Å². The number of fused-ring (bicyclic) bond motifs is 3. The number of carbonyl (C=O) groups is 1. The molecule has 0 fully saturated rings. The first kappa shape index (κ1) is 17.2. The van der Waals surface area contributed by atoms with E-state index in [9.17, 15) is 9.59 Å². The van der Waals surface area contributed by atoms with Crippen LogP contribution in [0.1, 0.15) is 13.8 Å². The van der Waals surface area contributed by atoms with Gasteiger partial charge in [0.05, 0.1) is 15.9 Å². The average Bonchev–Trinajstić information content (AvgIpc) is 3.33. The number of carbonyl (C=O) groups excluding carboxylic acids is 1. The summed E-state index contributed by atoms with van der Waals surface area (Å²) in [4.78, 5) is 33.4. The number of anilines is 1. The zero-order valence-electron chi connectivity index (χ0n) is 15.2. The number of benzene rings is 2. The van der Waals surface area contributed by atoms with Crippen LogP contribution in [-0.4, -0.2) is 15.2 Å². The Balaban J connectivity index is 1.84. The standard InChI is InChI=1S/C21H15N3O2S2/c1-12-17(13(2)25)27-20(23(12)14-8-4-3-5-9-14)18-19(26)24-16-11-7-6-10-15(16)22-21(24)28-18/h3-11H,1-2H3. The van der Waals surface area contributed by atoms with Crippen molar-refractivity contribution in [1.82, 2.24) is 9.38 Å². The fraction of sp³-hybridized carbons (Fsp3) is 0.0952. The molecule has 5 nitrogen and oxygen atoms in total. The first-order chi connectivity index (χ1) is 13.6. The van der Waals surface area contributed by atoms with Gasteiger partial charge in [0.2, 0.25) is 0 Å². The van der Waals surface area contributed by atoms with E-state index in [2.05, 4.69) is 4.98 Å². The molecule has 0 amide bonds. The summed E-state index contributed by atoms with van der Waals surface area (Å²) < 4.78 is 2.25. The third-order valence-electron chi connectivity index (χ3n) is 4.71. The lowest BCUT2D eigenvalue weighted by molar-refractivity contribution is -0.113. The largest absolute Gasteiger partial charge is 0.306 e. The third-order valence-corrected chi connectivity index (χ3v) is 7.24. The van der Waals surface area contributed by atoms with Gasteiger partial charge in [-0.3, -0.25) is 9.59 Å². The van der Waals surface area contributed by atoms with E-state index in [1.54, 1.807) is 11.3 Å². The minimum atomic E-state index is -0.102. The topological polar surface area (TPSA) is 54.7 Å². The fourth-order valence-electron chi connectivity index (χ4n) is 3.47. The number of hydrogen-bond acceptors (Lipinski definition) is 6. The number of nitrogens with zero attached hydrogens (tertiary/aromatic N) is 3. The molecule has 0 saturated carbocycles. The van der Waals surface area contributed by atoms with Crippen LogP contribution in [0, 0.1) is 0 Å². The molecule has 1 aliphatic heterocycles. The Kier molecular flexibility index (Phi) is 3.89. The smallest absolute Gasteiger partial charge is 0.277 e. The maximum Gasteiger partial charge on any atom is 0.277 e. The van der Waals surface area contributed by atoms with Crippen molar-refractivity contribution in [2.75, 3.05) is 4.90 Å². The van der Waals surface area contributed by atoms with E-state index in [0.717, 1.165) is 27.4 Å². The Morgan fingerprint density at radius 1 is 1.04 bits per heavy atom. The number of thioether (sulfide) groups is 1. The van der Waals surface area contributed by atoms with Crippen LogP contribution in [0.5, 0.6) is 0 Å². The molecule has 0 unspecified atom stereocenters. The molecule has 0 N–H and O–H groups in total. The van der Waals surface area contributed by atoms with Gasteiger partial charge in [-0.05, 0) is 38.1 Å². The number of allylic oxidation sites excluding steroid dienone is 2. The molecular formula is C21H15N3O2S2. The second-order valence-electron chi connectivity index (χ2n) is 6.50. The lowest BCUT2D eigenvalue weighted by Gasteiger charge is -2.20. The quantitative estimate of drug-likeness (QED) is 0.508. The van der Waals surface area contributed by atoms with Crippen LogP contribution < -0.4 is 15.0 Å². The fourth-order valence-corrected chi connectivity index (χ4v) is 5.77. The number of hydrogen-bond donors (Lipinski definition) is 0. The zero-order valence-corrected chi connectivity index (χ0v) is 16.8. The molecule has 28 heavy (non-hydrogen) atoms.